The van der Waals surface area contributed by atoms with Gasteiger partial charge in [0, 0.05) is 17.0 Å². The smallest absolute Gasteiger partial charge is 0.352 e. The fraction of sp³-hybridized carbons (Fsp3) is 0.391. The third-order valence-electron chi connectivity index (χ3n) is 6.13. The van der Waals surface area contributed by atoms with Crippen LogP contribution in [-0.2, 0) is 30.7 Å². The average molecular weight is 468 g/mol. The highest BCUT2D eigenvalue weighted by molar-refractivity contribution is 7.19. The lowest BCUT2D eigenvalue weighted by Crippen LogP contribution is -2.32. The van der Waals surface area contributed by atoms with Crippen LogP contribution in [0.3, 0.4) is 0 Å². The molecule has 0 saturated carbocycles. The van der Waals surface area contributed by atoms with E-state index in [4.69, 9.17) is 9.47 Å². The van der Waals surface area contributed by atoms with Gasteiger partial charge in [0.1, 0.15) is 17.7 Å². The van der Waals surface area contributed by atoms with E-state index in [9.17, 15) is 9.59 Å². The van der Waals surface area contributed by atoms with Crippen LogP contribution in [-0.4, -0.2) is 39.3 Å². The molecule has 9 nitrogen and oxygen atoms in total. The number of carbonyl (C=O) groups excluding carboxylic acids is 1. The minimum Gasteiger partial charge on any atom is -0.493 e. The first-order chi connectivity index (χ1) is 16.0. The molecule has 3 aromatic heterocycles. The fourth-order valence-electron chi connectivity index (χ4n) is 4.44. The Morgan fingerprint density at radius 1 is 1.30 bits per heavy atom. The van der Waals surface area contributed by atoms with Crippen LogP contribution in [0.25, 0.3) is 15.9 Å². The second kappa shape index (κ2) is 8.51. The molecule has 5 rings (SSSR count). The summed E-state index contributed by atoms with van der Waals surface area (Å²) >= 11 is 1.68. The standard InChI is InChI=1S/C23H25N5O4S/c1-13-7-8-15-17(9-13)33-22-19(15)21-26-28(23(30)27(21)12-25-22)11-18(29)24-10-14-5-4-6-16(31-2)20(14)32-3/h4-6,12-13H,7-11H2,1-3H3,(H,24,29)/t13-/m0/s1. The summed E-state index contributed by atoms with van der Waals surface area (Å²) in [5.41, 5.74) is 2.22. The summed E-state index contributed by atoms with van der Waals surface area (Å²) in [6.07, 6.45) is 4.61. The minimum atomic E-state index is -0.377. The monoisotopic (exact) mass is 467 g/mol. The number of ether oxygens (including phenoxy) is 2. The molecule has 172 valence electrons. The normalized spacial score (nSPS) is 15.5. The number of aromatic nitrogens is 4. The van der Waals surface area contributed by atoms with Crippen LogP contribution in [0.4, 0.5) is 0 Å². The van der Waals surface area contributed by atoms with Crippen LogP contribution in [0, 0.1) is 5.92 Å². The summed E-state index contributed by atoms with van der Waals surface area (Å²) in [6, 6.07) is 5.47. The summed E-state index contributed by atoms with van der Waals surface area (Å²) in [5.74, 6) is 1.48. The Morgan fingerprint density at radius 3 is 2.94 bits per heavy atom. The molecule has 0 spiro atoms. The van der Waals surface area contributed by atoms with Gasteiger partial charge in [0.15, 0.2) is 17.1 Å². The number of thiophene rings is 1. The van der Waals surface area contributed by atoms with Crippen molar-refractivity contribution in [2.45, 2.75) is 39.3 Å². The Labute approximate surface area is 194 Å². The quantitative estimate of drug-likeness (QED) is 0.468. The van der Waals surface area contributed by atoms with Crippen LogP contribution >= 0.6 is 11.3 Å². The molecule has 33 heavy (non-hydrogen) atoms. The predicted octanol–water partition coefficient (Wildman–Crippen LogP) is 2.56. The first kappa shape index (κ1) is 21.4. The van der Waals surface area contributed by atoms with E-state index in [1.807, 2.05) is 12.1 Å². The lowest BCUT2D eigenvalue weighted by molar-refractivity contribution is -0.122. The molecule has 0 aliphatic heterocycles. The van der Waals surface area contributed by atoms with Gasteiger partial charge < -0.3 is 14.8 Å². The van der Waals surface area contributed by atoms with E-state index in [2.05, 4.69) is 22.3 Å². The molecule has 1 aliphatic carbocycles. The van der Waals surface area contributed by atoms with Crippen molar-refractivity contribution in [1.82, 2.24) is 24.5 Å². The van der Waals surface area contributed by atoms with Crippen molar-refractivity contribution in [2.24, 2.45) is 5.92 Å². The van der Waals surface area contributed by atoms with Crippen LogP contribution in [0.2, 0.25) is 0 Å². The molecular weight excluding hydrogens is 442 g/mol. The molecule has 0 unspecified atom stereocenters. The molecule has 0 radical (unpaired) electrons. The molecule has 4 aromatic rings. The van der Waals surface area contributed by atoms with E-state index in [0.717, 1.165) is 35.0 Å². The second-order valence-electron chi connectivity index (χ2n) is 8.34. The number of rotatable bonds is 6. The Kier molecular flexibility index (Phi) is 5.53. The van der Waals surface area contributed by atoms with Crippen molar-refractivity contribution in [3.63, 3.8) is 0 Å². The summed E-state index contributed by atoms with van der Waals surface area (Å²) in [4.78, 5) is 32.3. The van der Waals surface area contributed by atoms with Crippen molar-refractivity contribution in [3.05, 3.63) is 51.0 Å². The van der Waals surface area contributed by atoms with E-state index in [1.54, 1.807) is 31.6 Å². The maximum absolute atomic E-state index is 12.9. The SMILES string of the molecule is COc1cccc(CNC(=O)Cn2nc3c4c5c(sc4ncn3c2=O)C[C@@H](C)CC5)c1OC. The van der Waals surface area contributed by atoms with E-state index >= 15 is 0 Å². The zero-order valence-corrected chi connectivity index (χ0v) is 19.6. The zero-order valence-electron chi connectivity index (χ0n) is 18.8. The molecule has 1 N–H and O–H groups in total. The summed E-state index contributed by atoms with van der Waals surface area (Å²) in [7, 11) is 3.12. The van der Waals surface area contributed by atoms with Gasteiger partial charge in [-0.15, -0.1) is 16.4 Å². The number of methoxy groups -OCH3 is 2. The van der Waals surface area contributed by atoms with Gasteiger partial charge in [-0.25, -0.2) is 18.9 Å². The van der Waals surface area contributed by atoms with E-state index in [-0.39, 0.29) is 24.7 Å². The number of amides is 1. The highest BCUT2D eigenvalue weighted by atomic mass is 32.1. The maximum Gasteiger partial charge on any atom is 0.352 e. The number of nitrogens with one attached hydrogen (secondary N) is 1. The topological polar surface area (TPSA) is 99.7 Å². The van der Waals surface area contributed by atoms with Crippen molar-refractivity contribution in [1.29, 1.82) is 0 Å². The number of hydrogen-bond donors (Lipinski definition) is 1. The van der Waals surface area contributed by atoms with Crippen molar-refractivity contribution < 1.29 is 14.3 Å². The van der Waals surface area contributed by atoms with E-state index < -0.39 is 0 Å². The predicted molar refractivity (Wildman–Crippen MR) is 125 cm³/mol. The Hall–Kier alpha value is -3.40. The molecule has 1 aromatic carbocycles. The minimum absolute atomic E-state index is 0.183. The van der Waals surface area contributed by atoms with Gasteiger partial charge in [-0.3, -0.25) is 4.79 Å². The first-order valence-corrected chi connectivity index (χ1v) is 11.7. The van der Waals surface area contributed by atoms with Crippen LogP contribution < -0.4 is 20.5 Å². The number of benzene rings is 1. The third kappa shape index (κ3) is 3.74. The summed E-state index contributed by atoms with van der Waals surface area (Å²) < 4.78 is 13.3. The van der Waals surface area contributed by atoms with Gasteiger partial charge in [0.25, 0.3) is 0 Å². The van der Waals surface area contributed by atoms with Gasteiger partial charge in [0.2, 0.25) is 5.91 Å². The molecule has 3 heterocycles. The molecular formula is C23H25N5O4S. The van der Waals surface area contributed by atoms with Crippen LogP contribution in [0.5, 0.6) is 11.5 Å². The number of para-hydroxylation sites is 1. The molecule has 1 amide bonds. The molecule has 0 bridgehead atoms. The van der Waals surface area contributed by atoms with Gasteiger partial charge in [-0.05, 0) is 36.8 Å². The third-order valence-corrected chi connectivity index (χ3v) is 7.29. The fourth-order valence-corrected chi connectivity index (χ4v) is 5.79. The molecule has 1 aliphatic rings. The molecule has 0 fully saturated rings. The second-order valence-corrected chi connectivity index (χ2v) is 9.42. The highest BCUT2D eigenvalue weighted by Crippen LogP contribution is 2.38. The lowest BCUT2D eigenvalue weighted by atomic mass is 9.89. The van der Waals surface area contributed by atoms with Crippen molar-refractivity contribution in [3.8, 4) is 11.5 Å². The Bertz CT molecular complexity index is 1420. The molecule has 1 atom stereocenters. The number of aryl methyl sites for hydroxylation is 1. The van der Waals surface area contributed by atoms with Gasteiger partial charge in [-0.2, -0.15) is 0 Å². The highest BCUT2D eigenvalue weighted by Gasteiger charge is 2.24. The number of nitrogens with zero attached hydrogens (tertiary/aromatic N) is 4. The first-order valence-electron chi connectivity index (χ1n) is 10.8. The largest absolute Gasteiger partial charge is 0.493 e. The van der Waals surface area contributed by atoms with Crippen molar-refractivity contribution in [2.75, 3.05) is 14.2 Å². The summed E-state index contributed by atoms with van der Waals surface area (Å²) in [5, 5.41) is 8.31. The number of carbonyl (C=O) groups is 1. The number of fused-ring (bicyclic) bond motifs is 5. The zero-order chi connectivity index (χ0) is 23.1. The van der Waals surface area contributed by atoms with Crippen LogP contribution in [0.15, 0.2) is 29.3 Å². The van der Waals surface area contributed by atoms with E-state index in [0.29, 0.717) is 23.1 Å². The Balaban J connectivity index is 1.41. The Morgan fingerprint density at radius 2 is 2.15 bits per heavy atom. The maximum atomic E-state index is 12.9. The number of hydrogen-bond acceptors (Lipinski definition) is 7. The van der Waals surface area contributed by atoms with E-state index in [1.165, 1.54) is 25.9 Å². The van der Waals surface area contributed by atoms with Gasteiger partial charge in [-0.1, -0.05) is 19.1 Å². The van der Waals surface area contributed by atoms with Gasteiger partial charge in [0.05, 0.1) is 19.6 Å². The van der Waals surface area contributed by atoms with Crippen molar-refractivity contribution >= 4 is 33.1 Å². The van der Waals surface area contributed by atoms with Crippen LogP contribution in [0.1, 0.15) is 29.3 Å². The summed E-state index contributed by atoms with van der Waals surface area (Å²) in [6.45, 7) is 2.32. The molecule has 10 heteroatoms. The molecule has 0 saturated heterocycles. The average Bonchev–Trinajstić information content (AvgIpc) is 3.33. The lowest BCUT2D eigenvalue weighted by Gasteiger charge is -2.17. The van der Waals surface area contributed by atoms with Gasteiger partial charge >= 0.3 is 5.69 Å².